The summed E-state index contributed by atoms with van der Waals surface area (Å²) in [5.74, 6) is 0.181. The van der Waals surface area contributed by atoms with Crippen LogP contribution in [0.4, 0.5) is 10.5 Å². The monoisotopic (exact) mass is 387 g/mol. The van der Waals surface area contributed by atoms with Crippen LogP contribution in [0.5, 0.6) is 0 Å². The van der Waals surface area contributed by atoms with Crippen LogP contribution in [0.3, 0.4) is 0 Å². The lowest BCUT2D eigenvalue weighted by Crippen LogP contribution is -2.43. The molecule has 2 aromatic carbocycles. The van der Waals surface area contributed by atoms with Crippen molar-refractivity contribution in [3.63, 3.8) is 0 Å². The smallest absolute Gasteiger partial charge is 0.305 e. The van der Waals surface area contributed by atoms with Gasteiger partial charge in [-0.05, 0) is 55.2 Å². The number of hydrogen-bond acceptors (Lipinski definition) is 3. The average molecular weight is 387 g/mol. The largest absolute Gasteiger partial charge is 0.332 e. The van der Waals surface area contributed by atoms with Crippen molar-refractivity contribution in [2.75, 3.05) is 4.90 Å². The van der Waals surface area contributed by atoms with Gasteiger partial charge in [-0.25, -0.2) is 9.69 Å². The molecule has 4 rings (SSSR count). The third-order valence-corrected chi connectivity index (χ3v) is 5.71. The van der Waals surface area contributed by atoms with Crippen LogP contribution in [0.1, 0.15) is 44.7 Å². The van der Waals surface area contributed by atoms with Crippen LogP contribution < -0.4 is 4.90 Å². The van der Waals surface area contributed by atoms with Gasteiger partial charge in [-0.15, -0.1) is 0 Å². The first-order valence-corrected chi connectivity index (χ1v) is 9.89. The Labute approximate surface area is 171 Å². The van der Waals surface area contributed by atoms with E-state index in [9.17, 15) is 9.59 Å². The Balaban J connectivity index is 1.69. The number of carbonyl (C=O) groups excluding carboxylic acids is 2. The Hall–Kier alpha value is -3.21. The van der Waals surface area contributed by atoms with Crippen molar-refractivity contribution >= 4 is 28.5 Å². The minimum Gasteiger partial charge on any atom is -0.305 e. The van der Waals surface area contributed by atoms with Gasteiger partial charge in [0.1, 0.15) is 5.54 Å². The van der Waals surface area contributed by atoms with Gasteiger partial charge in [-0.3, -0.25) is 9.78 Å². The van der Waals surface area contributed by atoms with Crippen molar-refractivity contribution in [3.8, 4) is 0 Å². The Morgan fingerprint density at radius 1 is 0.966 bits per heavy atom. The van der Waals surface area contributed by atoms with Crippen LogP contribution in [0.15, 0.2) is 60.8 Å². The maximum absolute atomic E-state index is 13.3. The van der Waals surface area contributed by atoms with E-state index in [-0.39, 0.29) is 11.9 Å². The second-order valence-corrected chi connectivity index (χ2v) is 8.30. The molecule has 0 atom stereocenters. The number of rotatable bonds is 4. The van der Waals surface area contributed by atoms with E-state index in [0.717, 1.165) is 16.5 Å². The summed E-state index contributed by atoms with van der Waals surface area (Å²) in [6.07, 6.45) is 1.75. The van der Waals surface area contributed by atoms with E-state index in [4.69, 9.17) is 0 Å². The van der Waals surface area contributed by atoms with Crippen LogP contribution in [0.25, 0.3) is 10.9 Å². The number of amides is 3. The Bertz CT molecular complexity index is 1080. The first-order chi connectivity index (χ1) is 13.8. The van der Waals surface area contributed by atoms with Crippen LogP contribution in [-0.4, -0.2) is 27.4 Å². The number of urea groups is 1. The van der Waals surface area contributed by atoms with Gasteiger partial charge in [0.15, 0.2) is 0 Å². The summed E-state index contributed by atoms with van der Waals surface area (Å²) >= 11 is 0. The predicted octanol–water partition coefficient (Wildman–Crippen LogP) is 5.11. The highest BCUT2D eigenvalue weighted by molar-refractivity contribution is 6.23. The standard InChI is InChI=1S/C24H25N3O2/c1-16(2)17-9-11-19(12-10-17)27-22(28)24(3,4)26(23(27)29)15-18-13-14-25-21-8-6-5-7-20(18)21/h5-14,16H,15H2,1-4H3. The highest BCUT2D eigenvalue weighted by Gasteiger charge is 2.51. The van der Waals surface area contributed by atoms with E-state index >= 15 is 0 Å². The molecule has 2 heterocycles. The minimum absolute atomic E-state index is 0.210. The van der Waals surface area contributed by atoms with Crippen molar-refractivity contribution in [1.29, 1.82) is 0 Å². The first kappa shape index (κ1) is 19.1. The lowest BCUT2D eigenvalue weighted by Gasteiger charge is -2.28. The summed E-state index contributed by atoms with van der Waals surface area (Å²) in [7, 11) is 0. The molecule has 29 heavy (non-hydrogen) atoms. The second kappa shape index (κ2) is 6.99. The molecule has 0 radical (unpaired) electrons. The molecule has 1 aliphatic rings. The van der Waals surface area contributed by atoms with Crippen molar-refractivity contribution in [1.82, 2.24) is 9.88 Å². The summed E-state index contributed by atoms with van der Waals surface area (Å²) < 4.78 is 0. The molecule has 1 aromatic heterocycles. The molecule has 1 saturated heterocycles. The molecular formula is C24H25N3O2. The lowest BCUT2D eigenvalue weighted by atomic mass is 10.0. The first-order valence-electron chi connectivity index (χ1n) is 9.89. The number of aromatic nitrogens is 1. The molecular weight excluding hydrogens is 362 g/mol. The molecule has 1 fully saturated rings. The van der Waals surface area contributed by atoms with Gasteiger partial charge < -0.3 is 4.90 Å². The molecule has 5 heteroatoms. The van der Waals surface area contributed by atoms with Crippen LogP contribution in [-0.2, 0) is 11.3 Å². The van der Waals surface area contributed by atoms with Gasteiger partial charge in [0.2, 0.25) is 0 Å². The second-order valence-electron chi connectivity index (χ2n) is 8.30. The predicted molar refractivity (Wildman–Crippen MR) is 115 cm³/mol. The normalized spacial score (nSPS) is 16.3. The van der Waals surface area contributed by atoms with Crippen molar-refractivity contribution in [3.05, 3.63) is 71.9 Å². The zero-order valence-corrected chi connectivity index (χ0v) is 17.2. The van der Waals surface area contributed by atoms with Crippen molar-refractivity contribution in [2.45, 2.75) is 45.7 Å². The van der Waals surface area contributed by atoms with E-state index < -0.39 is 5.54 Å². The molecule has 1 aliphatic heterocycles. The molecule has 0 saturated carbocycles. The third kappa shape index (κ3) is 3.16. The maximum atomic E-state index is 13.3. The fourth-order valence-corrected chi connectivity index (χ4v) is 3.80. The van der Waals surface area contributed by atoms with E-state index in [1.807, 2.05) is 54.6 Å². The zero-order chi connectivity index (χ0) is 20.8. The van der Waals surface area contributed by atoms with E-state index in [2.05, 4.69) is 18.8 Å². The molecule has 0 bridgehead atoms. The highest BCUT2D eigenvalue weighted by Crippen LogP contribution is 2.34. The number of pyridine rings is 1. The van der Waals surface area contributed by atoms with Gasteiger partial charge in [0.25, 0.3) is 5.91 Å². The Morgan fingerprint density at radius 2 is 1.66 bits per heavy atom. The van der Waals surface area contributed by atoms with Gasteiger partial charge in [0.05, 0.1) is 11.2 Å². The van der Waals surface area contributed by atoms with Gasteiger partial charge in [-0.2, -0.15) is 0 Å². The molecule has 0 aliphatic carbocycles. The topological polar surface area (TPSA) is 53.5 Å². The number of anilines is 1. The Morgan fingerprint density at radius 3 is 2.34 bits per heavy atom. The third-order valence-electron chi connectivity index (χ3n) is 5.71. The van der Waals surface area contributed by atoms with Gasteiger partial charge in [0, 0.05) is 18.1 Å². The number of benzene rings is 2. The summed E-state index contributed by atoms with van der Waals surface area (Å²) in [4.78, 5) is 33.8. The lowest BCUT2D eigenvalue weighted by molar-refractivity contribution is -0.123. The number of carbonyl (C=O) groups is 2. The molecule has 3 amide bonds. The van der Waals surface area contributed by atoms with E-state index in [1.54, 1.807) is 24.9 Å². The molecule has 0 spiro atoms. The quantitative estimate of drug-likeness (QED) is 0.585. The molecule has 0 unspecified atom stereocenters. The molecule has 5 nitrogen and oxygen atoms in total. The molecule has 0 N–H and O–H groups in total. The number of fused-ring (bicyclic) bond motifs is 1. The number of para-hydroxylation sites is 1. The summed E-state index contributed by atoms with van der Waals surface area (Å²) in [5.41, 5.74) is 2.70. The van der Waals surface area contributed by atoms with Crippen molar-refractivity contribution < 1.29 is 9.59 Å². The molecule has 3 aromatic rings. The van der Waals surface area contributed by atoms with Gasteiger partial charge in [-0.1, -0.05) is 44.2 Å². The molecule has 148 valence electrons. The zero-order valence-electron chi connectivity index (χ0n) is 17.2. The average Bonchev–Trinajstić information content (AvgIpc) is 2.88. The fourth-order valence-electron chi connectivity index (χ4n) is 3.80. The van der Waals surface area contributed by atoms with E-state index in [0.29, 0.717) is 18.2 Å². The number of nitrogens with zero attached hydrogens (tertiary/aromatic N) is 3. The van der Waals surface area contributed by atoms with E-state index in [1.165, 1.54) is 10.5 Å². The summed E-state index contributed by atoms with van der Waals surface area (Å²) in [6.45, 7) is 8.19. The summed E-state index contributed by atoms with van der Waals surface area (Å²) in [6, 6.07) is 17.1. The Kier molecular flexibility index (Phi) is 4.61. The van der Waals surface area contributed by atoms with Crippen LogP contribution >= 0.6 is 0 Å². The highest BCUT2D eigenvalue weighted by atomic mass is 16.2. The number of imide groups is 1. The van der Waals surface area contributed by atoms with Crippen molar-refractivity contribution in [2.24, 2.45) is 0 Å². The SMILES string of the molecule is CC(C)c1ccc(N2C(=O)N(Cc3ccnc4ccccc34)C(C)(C)C2=O)cc1. The summed E-state index contributed by atoms with van der Waals surface area (Å²) in [5, 5.41) is 0.991. The maximum Gasteiger partial charge on any atom is 0.332 e. The minimum atomic E-state index is -0.932. The van der Waals surface area contributed by atoms with Gasteiger partial charge >= 0.3 is 6.03 Å². The van der Waals surface area contributed by atoms with Crippen LogP contribution in [0.2, 0.25) is 0 Å². The number of hydrogen-bond donors (Lipinski definition) is 0. The fraction of sp³-hybridized carbons (Fsp3) is 0.292. The van der Waals surface area contributed by atoms with Crippen LogP contribution in [0, 0.1) is 0 Å².